The number of fused-ring (bicyclic) bond motifs is 3. The number of carbonyl (C=O) groups excluding carboxylic acids is 1. The van der Waals surface area contributed by atoms with Crippen molar-refractivity contribution in [3.63, 3.8) is 0 Å². The number of primary amides is 1. The van der Waals surface area contributed by atoms with Crippen LogP contribution in [0, 0.1) is 5.92 Å². The van der Waals surface area contributed by atoms with Crippen LogP contribution in [0.2, 0.25) is 5.02 Å². The van der Waals surface area contributed by atoms with Gasteiger partial charge in [0.2, 0.25) is 5.91 Å². The number of amides is 1. The zero-order valence-corrected chi connectivity index (χ0v) is 13.6. The minimum Gasteiger partial charge on any atom is -0.366 e. The third kappa shape index (κ3) is 2.31. The maximum absolute atomic E-state index is 11.9. The second-order valence-electron chi connectivity index (χ2n) is 6.46. The Labute approximate surface area is 140 Å². The molecule has 0 unspecified atom stereocenters. The molecule has 1 fully saturated rings. The number of aromatic nitrogens is 1. The molecule has 23 heavy (non-hydrogen) atoms. The van der Waals surface area contributed by atoms with Crippen LogP contribution in [0.4, 0.5) is 0 Å². The molecule has 1 aliphatic rings. The smallest absolute Gasteiger partial charge is 0.249 e. The first-order valence-electron chi connectivity index (χ1n) is 8.16. The Kier molecular flexibility index (Phi) is 3.53. The van der Waals surface area contributed by atoms with Gasteiger partial charge in [-0.15, -0.1) is 0 Å². The number of hydrogen-bond acceptors (Lipinski definition) is 1. The molecule has 0 radical (unpaired) electrons. The first kappa shape index (κ1) is 14.6. The average molecular weight is 327 g/mol. The molecular formula is C19H19ClN2O. The largest absolute Gasteiger partial charge is 0.366 e. The number of para-hydroxylation sites is 1. The lowest BCUT2D eigenvalue weighted by Crippen LogP contribution is -2.11. The zero-order valence-electron chi connectivity index (χ0n) is 12.9. The van der Waals surface area contributed by atoms with Crippen LogP contribution in [0.1, 0.15) is 36.0 Å². The quantitative estimate of drug-likeness (QED) is 0.742. The Morgan fingerprint density at radius 3 is 2.65 bits per heavy atom. The Hall–Kier alpha value is -2.00. The molecule has 3 aromatic rings. The van der Waals surface area contributed by atoms with Gasteiger partial charge in [-0.25, -0.2) is 0 Å². The maximum Gasteiger partial charge on any atom is 0.249 e. The topological polar surface area (TPSA) is 48.0 Å². The normalized spacial score (nSPS) is 15.7. The van der Waals surface area contributed by atoms with Gasteiger partial charge in [-0.3, -0.25) is 4.79 Å². The van der Waals surface area contributed by atoms with Crippen molar-refractivity contribution >= 4 is 39.3 Å². The highest BCUT2D eigenvalue weighted by atomic mass is 35.5. The van der Waals surface area contributed by atoms with Gasteiger partial charge >= 0.3 is 0 Å². The molecule has 0 spiro atoms. The van der Waals surface area contributed by atoms with Crippen molar-refractivity contribution in [2.45, 2.75) is 32.2 Å². The molecule has 1 aliphatic carbocycles. The third-order valence-corrected chi connectivity index (χ3v) is 5.35. The Morgan fingerprint density at radius 2 is 1.91 bits per heavy atom. The molecule has 3 nitrogen and oxygen atoms in total. The summed E-state index contributed by atoms with van der Waals surface area (Å²) in [5.74, 6) is 0.290. The van der Waals surface area contributed by atoms with E-state index in [2.05, 4.69) is 10.6 Å². The van der Waals surface area contributed by atoms with Crippen molar-refractivity contribution in [2.75, 3.05) is 0 Å². The average Bonchev–Trinajstić information content (AvgIpc) is 3.15. The van der Waals surface area contributed by atoms with Crippen LogP contribution in [0.5, 0.6) is 0 Å². The fourth-order valence-electron chi connectivity index (χ4n) is 4.01. The zero-order chi connectivity index (χ0) is 16.0. The second-order valence-corrected chi connectivity index (χ2v) is 6.87. The lowest BCUT2D eigenvalue weighted by Gasteiger charge is -2.14. The van der Waals surface area contributed by atoms with Crippen LogP contribution in [0.25, 0.3) is 21.8 Å². The molecule has 118 valence electrons. The molecule has 1 aromatic heterocycles. The maximum atomic E-state index is 11.9. The summed E-state index contributed by atoms with van der Waals surface area (Å²) < 4.78 is 2.29. The fourth-order valence-corrected chi connectivity index (χ4v) is 4.28. The molecule has 2 aromatic carbocycles. The number of halogens is 1. The van der Waals surface area contributed by atoms with Crippen LogP contribution in [0.3, 0.4) is 0 Å². The molecule has 0 aliphatic heterocycles. The molecule has 1 saturated carbocycles. The summed E-state index contributed by atoms with van der Waals surface area (Å²) in [6.07, 6.45) is 5.15. The summed E-state index contributed by atoms with van der Waals surface area (Å²) >= 11 is 6.51. The molecular weight excluding hydrogens is 308 g/mol. The van der Waals surface area contributed by atoms with Crippen LogP contribution in [-0.4, -0.2) is 10.5 Å². The number of carbonyl (C=O) groups is 1. The molecule has 0 saturated heterocycles. The van der Waals surface area contributed by atoms with E-state index in [-0.39, 0.29) is 0 Å². The molecule has 4 heteroatoms. The van der Waals surface area contributed by atoms with E-state index in [1.165, 1.54) is 25.7 Å². The molecule has 0 bridgehead atoms. The molecule has 2 N–H and O–H groups in total. The van der Waals surface area contributed by atoms with E-state index in [4.69, 9.17) is 17.3 Å². The highest BCUT2D eigenvalue weighted by molar-refractivity contribution is 6.36. The fraction of sp³-hybridized carbons (Fsp3) is 0.316. The predicted molar refractivity (Wildman–Crippen MR) is 94.9 cm³/mol. The molecule has 1 amide bonds. The number of nitrogens with two attached hydrogens (primary N) is 1. The SMILES string of the molecule is NC(=O)c1cccc2c1c1cccc(Cl)c1n2CC1CCCC1. The summed E-state index contributed by atoms with van der Waals surface area (Å²) in [4.78, 5) is 11.9. The van der Waals surface area contributed by atoms with Gasteiger partial charge in [-0.2, -0.15) is 0 Å². The van der Waals surface area contributed by atoms with E-state index in [0.29, 0.717) is 11.5 Å². The van der Waals surface area contributed by atoms with Gasteiger partial charge in [0.1, 0.15) is 0 Å². The minimum absolute atomic E-state index is 0.393. The predicted octanol–water partition coefficient (Wildman–Crippen LogP) is 4.74. The van der Waals surface area contributed by atoms with E-state index in [0.717, 1.165) is 33.4 Å². The summed E-state index contributed by atoms with van der Waals surface area (Å²) in [6.45, 7) is 0.950. The van der Waals surface area contributed by atoms with Gasteiger partial charge < -0.3 is 10.3 Å². The first-order chi connectivity index (χ1) is 11.2. The van der Waals surface area contributed by atoms with Gasteiger partial charge in [0.25, 0.3) is 0 Å². The van der Waals surface area contributed by atoms with Crippen molar-refractivity contribution in [1.82, 2.24) is 4.57 Å². The van der Waals surface area contributed by atoms with Crippen molar-refractivity contribution < 1.29 is 4.79 Å². The molecule has 0 atom stereocenters. The number of benzene rings is 2. The van der Waals surface area contributed by atoms with E-state index >= 15 is 0 Å². The monoisotopic (exact) mass is 326 g/mol. The van der Waals surface area contributed by atoms with Gasteiger partial charge in [-0.05, 0) is 37.0 Å². The summed E-state index contributed by atoms with van der Waals surface area (Å²) in [5, 5.41) is 2.67. The van der Waals surface area contributed by atoms with E-state index in [1.807, 2.05) is 24.3 Å². The number of nitrogens with zero attached hydrogens (tertiary/aromatic N) is 1. The summed E-state index contributed by atoms with van der Waals surface area (Å²) in [5.41, 5.74) is 8.24. The highest BCUT2D eigenvalue weighted by Gasteiger charge is 2.21. The van der Waals surface area contributed by atoms with Crippen LogP contribution in [-0.2, 0) is 6.54 Å². The summed E-state index contributed by atoms with van der Waals surface area (Å²) in [7, 11) is 0. The van der Waals surface area contributed by atoms with E-state index in [9.17, 15) is 4.79 Å². The lowest BCUT2D eigenvalue weighted by atomic mass is 10.1. The first-order valence-corrected chi connectivity index (χ1v) is 8.54. The van der Waals surface area contributed by atoms with E-state index in [1.54, 1.807) is 6.07 Å². The van der Waals surface area contributed by atoms with Crippen molar-refractivity contribution in [1.29, 1.82) is 0 Å². The lowest BCUT2D eigenvalue weighted by molar-refractivity contribution is 0.100. The highest BCUT2D eigenvalue weighted by Crippen LogP contribution is 2.37. The van der Waals surface area contributed by atoms with E-state index < -0.39 is 5.91 Å². The number of rotatable bonds is 3. The summed E-state index contributed by atoms with van der Waals surface area (Å²) in [6, 6.07) is 11.6. The standard InChI is InChI=1S/C19H19ClN2O/c20-15-9-3-7-13-17-14(19(21)23)8-4-10-16(17)22(18(13)15)11-12-5-1-2-6-12/h3-4,7-10,12H,1-2,5-6,11H2,(H2,21,23). The van der Waals surface area contributed by atoms with Crippen molar-refractivity contribution in [3.05, 3.63) is 47.0 Å². The van der Waals surface area contributed by atoms with Crippen molar-refractivity contribution in [2.24, 2.45) is 11.7 Å². The van der Waals surface area contributed by atoms with Gasteiger partial charge in [-0.1, -0.05) is 42.6 Å². The second kappa shape index (κ2) is 5.57. The molecule has 1 heterocycles. The Balaban J connectivity index is 2.05. The third-order valence-electron chi connectivity index (χ3n) is 5.04. The van der Waals surface area contributed by atoms with Gasteiger partial charge in [0.05, 0.1) is 10.5 Å². The van der Waals surface area contributed by atoms with Gasteiger partial charge in [0, 0.05) is 28.4 Å². The van der Waals surface area contributed by atoms with Gasteiger partial charge in [0.15, 0.2) is 0 Å². The minimum atomic E-state index is -0.393. The Morgan fingerprint density at radius 1 is 1.17 bits per heavy atom. The van der Waals surface area contributed by atoms with Crippen LogP contribution < -0.4 is 5.73 Å². The van der Waals surface area contributed by atoms with Crippen molar-refractivity contribution in [3.8, 4) is 0 Å². The van der Waals surface area contributed by atoms with Crippen LogP contribution >= 0.6 is 11.6 Å². The number of hydrogen-bond donors (Lipinski definition) is 1. The Bertz CT molecular complexity index is 907. The van der Waals surface area contributed by atoms with Crippen LogP contribution in [0.15, 0.2) is 36.4 Å². The molecule has 4 rings (SSSR count).